The molecule has 0 saturated heterocycles. The summed E-state index contributed by atoms with van der Waals surface area (Å²) in [5.41, 5.74) is 3.47. The van der Waals surface area contributed by atoms with Crippen LogP contribution in [-0.4, -0.2) is 11.2 Å². The standard InChI is InChI=1S/C13H18O/c1-10(2)7-13(14)9-12-6-4-5-11(3)8-12/h4-6,8,13-14H,1,7,9H2,2-3H3. The molecule has 1 rings (SSSR count). The molecule has 1 aromatic rings. The highest BCUT2D eigenvalue weighted by atomic mass is 16.3. The van der Waals surface area contributed by atoms with Crippen LogP contribution in [0.5, 0.6) is 0 Å². The Morgan fingerprint density at radius 3 is 2.79 bits per heavy atom. The molecule has 0 bridgehead atoms. The van der Waals surface area contributed by atoms with Crippen molar-refractivity contribution >= 4 is 0 Å². The highest BCUT2D eigenvalue weighted by Crippen LogP contribution is 2.11. The third kappa shape index (κ3) is 3.75. The van der Waals surface area contributed by atoms with Crippen LogP contribution in [0.4, 0.5) is 0 Å². The van der Waals surface area contributed by atoms with Gasteiger partial charge in [-0.25, -0.2) is 0 Å². The van der Waals surface area contributed by atoms with E-state index in [1.54, 1.807) is 0 Å². The highest BCUT2D eigenvalue weighted by molar-refractivity contribution is 5.22. The lowest BCUT2D eigenvalue weighted by molar-refractivity contribution is 0.175. The lowest BCUT2D eigenvalue weighted by Crippen LogP contribution is -2.10. The molecule has 0 fully saturated rings. The van der Waals surface area contributed by atoms with E-state index in [0.29, 0.717) is 12.8 Å². The Balaban J connectivity index is 2.55. The first-order valence-electron chi connectivity index (χ1n) is 4.96. The Morgan fingerprint density at radius 2 is 2.21 bits per heavy atom. The van der Waals surface area contributed by atoms with Crippen LogP contribution in [0, 0.1) is 6.92 Å². The fourth-order valence-electron chi connectivity index (χ4n) is 1.59. The van der Waals surface area contributed by atoms with Crippen LogP contribution in [0.25, 0.3) is 0 Å². The molecule has 0 aliphatic carbocycles. The topological polar surface area (TPSA) is 20.2 Å². The van der Waals surface area contributed by atoms with Crippen molar-refractivity contribution in [2.24, 2.45) is 0 Å². The first-order valence-corrected chi connectivity index (χ1v) is 4.96. The largest absolute Gasteiger partial charge is 0.392 e. The smallest absolute Gasteiger partial charge is 0.0617 e. The second-order valence-corrected chi connectivity index (χ2v) is 4.01. The Hall–Kier alpha value is -1.08. The predicted octanol–water partition coefficient (Wildman–Crippen LogP) is 2.86. The molecule has 0 aliphatic rings. The number of hydrogen-bond acceptors (Lipinski definition) is 1. The van der Waals surface area contributed by atoms with Crippen molar-refractivity contribution in [2.75, 3.05) is 0 Å². The number of hydrogen-bond donors (Lipinski definition) is 1. The van der Waals surface area contributed by atoms with E-state index in [4.69, 9.17) is 0 Å². The lowest BCUT2D eigenvalue weighted by Gasteiger charge is -2.10. The Morgan fingerprint density at radius 1 is 1.50 bits per heavy atom. The third-order valence-corrected chi connectivity index (χ3v) is 2.14. The average Bonchev–Trinajstić information content (AvgIpc) is 2.01. The van der Waals surface area contributed by atoms with Gasteiger partial charge in [0.05, 0.1) is 6.10 Å². The van der Waals surface area contributed by atoms with Crippen molar-refractivity contribution in [3.63, 3.8) is 0 Å². The maximum Gasteiger partial charge on any atom is 0.0617 e. The summed E-state index contributed by atoms with van der Waals surface area (Å²) in [5.74, 6) is 0. The van der Waals surface area contributed by atoms with Crippen molar-refractivity contribution in [3.8, 4) is 0 Å². The maximum atomic E-state index is 9.70. The Bertz CT molecular complexity index is 315. The van der Waals surface area contributed by atoms with Crippen molar-refractivity contribution in [1.82, 2.24) is 0 Å². The molecule has 76 valence electrons. The molecule has 1 heteroatoms. The number of rotatable bonds is 4. The third-order valence-electron chi connectivity index (χ3n) is 2.14. The Labute approximate surface area is 86.1 Å². The second kappa shape index (κ2) is 4.97. The van der Waals surface area contributed by atoms with Gasteiger partial charge >= 0.3 is 0 Å². The number of aryl methyl sites for hydroxylation is 1. The Kier molecular flexibility index (Phi) is 3.90. The zero-order valence-electron chi connectivity index (χ0n) is 8.96. The van der Waals surface area contributed by atoms with Gasteiger partial charge in [-0.05, 0) is 32.3 Å². The van der Waals surface area contributed by atoms with E-state index in [1.165, 1.54) is 11.1 Å². The van der Waals surface area contributed by atoms with Crippen molar-refractivity contribution in [1.29, 1.82) is 0 Å². The molecule has 0 radical (unpaired) electrons. The first kappa shape index (κ1) is 11.0. The number of benzene rings is 1. The van der Waals surface area contributed by atoms with Gasteiger partial charge in [0.15, 0.2) is 0 Å². The van der Waals surface area contributed by atoms with Crippen LogP contribution < -0.4 is 0 Å². The zero-order valence-corrected chi connectivity index (χ0v) is 8.96. The molecule has 1 N–H and O–H groups in total. The SMILES string of the molecule is C=C(C)CC(O)Cc1cccc(C)c1. The van der Waals surface area contributed by atoms with Gasteiger partial charge in [-0.15, -0.1) is 6.58 Å². The second-order valence-electron chi connectivity index (χ2n) is 4.01. The molecular formula is C13H18O. The van der Waals surface area contributed by atoms with E-state index in [-0.39, 0.29) is 6.10 Å². The van der Waals surface area contributed by atoms with E-state index in [0.717, 1.165) is 5.57 Å². The lowest BCUT2D eigenvalue weighted by atomic mass is 10.0. The van der Waals surface area contributed by atoms with Crippen LogP contribution in [0.1, 0.15) is 24.5 Å². The van der Waals surface area contributed by atoms with Crippen LogP contribution in [-0.2, 0) is 6.42 Å². The molecule has 1 unspecified atom stereocenters. The fraction of sp³-hybridized carbons (Fsp3) is 0.385. The number of aliphatic hydroxyl groups is 1. The summed E-state index contributed by atoms with van der Waals surface area (Å²) in [7, 11) is 0. The van der Waals surface area contributed by atoms with Gasteiger partial charge in [0.25, 0.3) is 0 Å². The van der Waals surface area contributed by atoms with Gasteiger partial charge in [-0.1, -0.05) is 35.4 Å². The molecule has 0 amide bonds. The van der Waals surface area contributed by atoms with Gasteiger partial charge < -0.3 is 5.11 Å². The van der Waals surface area contributed by atoms with Gasteiger partial charge in [-0.2, -0.15) is 0 Å². The average molecular weight is 190 g/mol. The molecule has 0 spiro atoms. The summed E-state index contributed by atoms with van der Waals surface area (Å²) in [6, 6.07) is 8.25. The minimum Gasteiger partial charge on any atom is -0.392 e. The van der Waals surface area contributed by atoms with Crippen LogP contribution in [0.2, 0.25) is 0 Å². The van der Waals surface area contributed by atoms with Crippen molar-refractivity contribution in [3.05, 3.63) is 47.5 Å². The maximum absolute atomic E-state index is 9.70. The predicted molar refractivity (Wildman–Crippen MR) is 60.3 cm³/mol. The van der Waals surface area contributed by atoms with Gasteiger partial charge in [0, 0.05) is 0 Å². The van der Waals surface area contributed by atoms with E-state index in [2.05, 4.69) is 31.7 Å². The van der Waals surface area contributed by atoms with Crippen molar-refractivity contribution in [2.45, 2.75) is 32.8 Å². The summed E-state index contributed by atoms with van der Waals surface area (Å²) in [6.45, 7) is 7.80. The molecule has 0 aromatic heterocycles. The summed E-state index contributed by atoms with van der Waals surface area (Å²) >= 11 is 0. The zero-order chi connectivity index (χ0) is 10.6. The van der Waals surface area contributed by atoms with Crippen LogP contribution in [0.15, 0.2) is 36.4 Å². The molecule has 0 aliphatic heterocycles. The number of aliphatic hydroxyl groups excluding tert-OH is 1. The fourth-order valence-corrected chi connectivity index (χ4v) is 1.59. The molecule has 14 heavy (non-hydrogen) atoms. The van der Waals surface area contributed by atoms with E-state index in [1.807, 2.05) is 13.0 Å². The molecular weight excluding hydrogens is 172 g/mol. The summed E-state index contributed by atoms with van der Waals surface area (Å²) < 4.78 is 0. The highest BCUT2D eigenvalue weighted by Gasteiger charge is 2.05. The van der Waals surface area contributed by atoms with Crippen molar-refractivity contribution < 1.29 is 5.11 Å². The monoisotopic (exact) mass is 190 g/mol. The molecule has 0 saturated carbocycles. The summed E-state index contributed by atoms with van der Waals surface area (Å²) in [6.07, 6.45) is 1.11. The summed E-state index contributed by atoms with van der Waals surface area (Å²) in [4.78, 5) is 0. The van der Waals surface area contributed by atoms with Crippen LogP contribution in [0.3, 0.4) is 0 Å². The molecule has 1 atom stereocenters. The first-order chi connectivity index (χ1) is 6.58. The van der Waals surface area contributed by atoms with E-state index >= 15 is 0 Å². The minimum absolute atomic E-state index is 0.297. The van der Waals surface area contributed by atoms with Gasteiger partial charge in [-0.3, -0.25) is 0 Å². The van der Waals surface area contributed by atoms with E-state index < -0.39 is 0 Å². The van der Waals surface area contributed by atoms with Gasteiger partial charge in [0.1, 0.15) is 0 Å². The molecule has 1 nitrogen and oxygen atoms in total. The van der Waals surface area contributed by atoms with E-state index in [9.17, 15) is 5.11 Å². The molecule has 1 aromatic carbocycles. The molecule has 0 heterocycles. The summed E-state index contributed by atoms with van der Waals surface area (Å²) in [5, 5.41) is 9.70. The normalized spacial score (nSPS) is 12.5. The minimum atomic E-state index is -0.297. The van der Waals surface area contributed by atoms with Gasteiger partial charge in [0.2, 0.25) is 0 Å². The quantitative estimate of drug-likeness (QED) is 0.724. The van der Waals surface area contributed by atoms with Crippen LogP contribution >= 0.6 is 0 Å².